The van der Waals surface area contributed by atoms with Crippen molar-refractivity contribution in [2.45, 2.75) is 64.5 Å². The van der Waals surface area contributed by atoms with Gasteiger partial charge in [0.1, 0.15) is 7.28 Å². The van der Waals surface area contributed by atoms with E-state index in [2.05, 4.69) is 27.7 Å². The van der Waals surface area contributed by atoms with Crippen molar-refractivity contribution in [2.75, 3.05) is 0 Å². The van der Waals surface area contributed by atoms with Gasteiger partial charge in [0, 0.05) is 0 Å². The highest BCUT2D eigenvalue weighted by Gasteiger charge is 2.27. The summed E-state index contributed by atoms with van der Waals surface area (Å²) in [4.78, 5) is 0. The molecule has 0 bridgehead atoms. The summed E-state index contributed by atoms with van der Waals surface area (Å²) in [6.45, 7) is 9.55. The van der Waals surface area contributed by atoms with Crippen molar-refractivity contribution < 1.29 is 0 Å². The van der Waals surface area contributed by atoms with Gasteiger partial charge in [0.05, 0.1) is 0 Å². The third-order valence-corrected chi connectivity index (χ3v) is 3.16. The molecular weight excluding hydrogens is 143 g/mol. The lowest BCUT2D eigenvalue weighted by Crippen LogP contribution is -2.23. The Balaban J connectivity index is 2.39. The van der Waals surface area contributed by atoms with E-state index in [1.165, 1.54) is 33.0 Å². The predicted molar refractivity (Wildman–Crippen MR) is 58.2 cm³/mol. The lowest BCUT2D eigenvalue weighted by atomic mass is 9.43. The van der Waals surface area contributed by atoms with Crippen LogP contribution in [0.1, 0.15) is 53.4 Å². The molecule has 12 heavy (non-hydrogen) atoms. The molecule has 1 heteroatoms. The zero-order chi connectivity index (χ0) is 9.19. The number of hydrogen-bond donors (Lipinski definition) is 0. The quantitative estimate of drug-likeness (QED) is 0.521. The SMILES string of the molecule is CC1CCCCC1BC(C)(C)C. The molecule has 0 nitrogen and oxygen atoms in total. The van der Waals surface area contributed by atoms with Crippen LogP contribution in [-0.4, -0.2) is 7.28 Å². The van der Waals surface area contributed by atoms with E-state index >= 15 is 0 Å². The van der Waals surface area contributed by atoms with E-state index in [-0.39, 0.29) is 0 Å². The maximum Gasteiger partial charge on any atom is 0.130 e. The molecule has 1 saturated carbocycles. The fourth-order valence-corrected chi connectivity index (χ4v) is 2.48. The van der Waals surface area contributed by atoms with Crippen molar-refractivity contribution >= 4 is 7.28 Å². The molecule has 0 N–H and O–H groups in total. The van der Waals surface area contributed by atoms with Gasteiger partial charge in [-0.05, 0) is 5.92 Å². The second-order valence-electron chi connectivity index (χ2n) is 5.79. The number of hydrogen-bond acceptors (Lipinski definition) is 0. The van der Waals surface area contributed by atoms with Gasteiger partial charge in [-0.1, -0.05) is 64.5 Å². The molecule has 0 aromatic rings. The molecular formula is C11H23B. The van der Waals surface area contributed by atoms with Gasteiger partial charge in [-0.15, -0.1) is 0 Å². The molecule has 2 unspecified atom stereocenters. The van der Waals surface area contributed by atoms with Crippen molar-refractivity contribution in [3.8, 4) is 0 Å². The van der Waals surface area contributed by atoms with Crippen LogP contribution in [0.25, 0.3) is 0 Å². The minimum absolute atomic E-state index is 0.538. The molecule has 2 atom stereocenters. The van der Waals surface area contributed by atoms with Crippen LogP contribution < -0.4 is 0 Å². The lowest BCUT2D eigenvalue weighted by Gasteiger charge is -2.32. The van der Waals surface area contributed by atoms with E-state index in [0.717, 1.165) is 11.7 Å². The Morgan fingerprint density at radius 1 is 1.08 bits per heavy atom. The van der Waals surface area contributed by atoms with Crippen LogP contribution >= 0.6 is 0 Å². The van der Waals surface area contributed by atoms with Gasteiger partial charge in [-0.25, -0.2) is 0 Å². The molecule has 0 radical (unpaired) electrons. The second kappa shape index (κ2) is 3.85. The van der Waals surface area contributed by atoms with Crippen molar-refractivity contribution in [3.63, 3.8) is 0 Å². The summed E-state index contributed by atoms with van der Waals surface area (Å²) in [5, 5.41) is 0.538. The summed E-state index contributed by atoms with van der Waals surface area (Å²) >= 11 is 0. The van der Waals surface area contributed by atoms with E-state index in [4.69, 9.17) is 0 Å². The molecule has 0 aromatic carbocycles. The average Bonchev–Trinajstić information content (AvgIpc) is 1.91. The predicted octanol–water partition coefficient (Wildman–Crippen LogP) is 3.64. The van der Waals surface area contributed by atoms with E-state index in [0.29, 0.717) is 5.31 Å². The van der Waals surface area contributed by atoms with Gasteiger partial charge in [0.2, 0.25) is 0 Å². The summed E-state index contributed by atoms with van der Waals surface area (Å²) in [5.41, 5.74) is 0. The first kappa shape index (κ1) is 10.1. The van der Waals surface area contributed by atoms with Crippen LogP contribution in [0, 0.1) is 5.92 Å². The third-order valence-electron chi connectivity index (χ3n) is 3.16. The molecule has 0 heterocycles. The minimum Gasteiger partial charge on any atom is -0.0671 e. The minimum atomic E-state index is 0.538. The van der Waals surface area contributed by atoms with Gasteiger partial charge in [0.25, 0.3) is 0 Å². The maximum atomic E-state index is 2.44. The maximum absolute atomic E-state index is 2.44. The molecule has 1 rings (SSSR count). The largest absolute Gasteiger partial charge is 0.130 e. The first-order valence-electron chi connectivity index (χ1n) is 5.49. The van der Waals surface area contributed by atoms with Crippen molar-refractivity contribution in [3.05, 3.63) is 0 Å². The van der Waals surface area contributed by atoms with Crippen molar-refractivity contribution in [1.29, 1.82) is 0 Å². The molecule has 0 aliphatic heterocycles. The molecule has 1 aliphatic rings. The zero-order valence-electron chi connectivity index (χ0n) is 9.19. The Labute approximate surface area is 78.4 Å². The van der Waals surface area contributed by atoms with E-state index in [9.17, 15) is 0 Å². The monoisotopic (exact) mass is 166 g/mol. The summed E-state index contributed by atoms with van der Waals surface area (Å²) in [5.74, 6) is 2.00. The Hall–Kier alpha value is 0.0649. The first-order chi connectivity index (χ1) is 5.49. The van der Waals surface area contributed by atoms with Gasteiger partial charge in [0.15, 0.2) is 0 Å². The van der Waals surface area contributed by atoms with E-state index in [1.807, 2.05) is 0 Å². The third kappa shape index (κ3) is 3.20. The van der Waals surface area contributed by atoms with Crippen LogP contribution in [0.4, 0.5) is 0 Å². The molecule has 0 spiro atoms. The highest BCUT2D eigenvalue weighted by molar-refractivity contribution is 6.41. The topological polar surface area (TPSA) is 0 Å². The van der Waals surface area contributed by atoms with E-state index in [1.54, 1.807) is 0 Å². The fourth-order valence-electron chi connectivity index (χ4n) is 2.48. The van der Waals surface area contributed by atoms with Gasteiger partial charge < -0.3 is 0 Å². The van der Waals surface area contributed by atoms with Gasteiger partial charge in [-0.3, -0.25) is 0 Å². The Kier molecular flexibility index (Phi) is 3.26. The zero-order valence-corrected chi connectivity index (χ0v) is 9.19. The van der Waals surface area contributed by atoms with Crippen LogP contribution in [-0.2, 0) is 0 Å². The lowest BCUT2D eigenvalue weighted by molar-refractivity contribution is 0.378. The van der Waals surface area contributed by atoms with Crippen LogP contribution in [0.5, 0.6) is 0 Å². The van der Waals surface area contributed by atoms with Crippen molar-refractivity contribution in [1.82, 2.24) is 0 Å². The molecule has 0 aromatic heterocycles. The van der Waals surface area contributed by atoms with E-state index < -0.39 is 0 Å². The Morgan fingerprint density at radius 2 is 1.67 bits per heavy atom. The molecule has 0 amide bonds. The smallest absolute Gasteiger partial charge is 0.0671 e. The molecule has 1 aliphatic carbocycles. The standard InChI is InChI=1S/C11H23B/c1-9-7-5-6-8-10(9)12-11(2,3)4/h9-10,12H,5-8H2,1-4H3. The first-order valence-corrected chi connectivity index (χ1v) is 5.49. The van der Waals surface area contributed by atoms with Crippen LogP contribution in [0.2, 0.25) is 11.1 Å². The van der Waals surface area contributed by atoms with Crippen LogP contribution in [0.15, 0.2) is 0 Å². The van der Waals surface area contributed by atoms with Gasteiger partial charge >= 0.3 is 0 Å². The highest BCUT2D eigenvalue weighted by Crippen LogP contribution is 2.39. The van der Waals surface area contributed by atoms with Crippen LogP contribution in [0.3, 0.4) is 0 Å². The average molecular weight is 166 g/mol. The molecule has 0 saturated heterocycles. The Morgan fingerprint density at radius 3 is 2.17 bits per heavy atom. The summed E-state index contributed by atoms with van der Waals surface area (Å²) in [6.07, 6.45) is 5.91. The molecule has 70 valence electrons. The second-order valence-corrected chi connectivity index (χ2v) is 5.79. The highest BCUT2D eigenvalue weighted by atomic mass is 14.2. The number of rotatable bonds is 1. The normalized spacial score (nSPS) is 31.7. The Bertz CT molecular complexity index is 134. The van der Waals surface area contributed by atoms with Crippen molar-refractivity contribution in [2.24, 2.45) is 5.92 Å². The summed E-state index contributed by atoms with van der Waals surface area (Å²) in [6, 6.07) is 0. The summed E-state index contributed by atoms with van der Waals surface area (Å²) < 4.78 is 0. The summed E-state index contributed by atoms with van der Waals surface area (Å²) in [7, 11) is 1.42. The molecule has 1 fully saturated rings. The fraction of sp³-hybridized carbons (Fsp3) is 1.00. The van der Waals surface area contributed by atoms with Gasteiger partial charge in [-0.2, -0.15) is 0 Å².